The molecule has 0 saturated heterocycles. The molecule has 3 aromatic rings. The van der Waals surface area contributed by atoms with E-state index >= 15 is 0 Å². The van der Waals surface area contributed by atoms with E-state index in [9.17, 15) is 4.79 Å². The number of oxazole rings is 1. The van der Waals surface area contributed by atoms with Crippen LogP contribution < -0.4 is 11.5 Å². The zero-order valence-corrected chi connectivity index (χ0v) is 11.1. The van der Waals surface area contributed by atoms with Crippen molar-refractivity contribution in [2.24, 2.45) is 0 Å². The second-order valence-corrected chi connectivity index (χ2v) is 4.80. The molecule has 0 aliphatic rings. The smallest absolute Gasteiger partial charge is 0.408 e. The van der Waals surface area contributed by atoms with Crippen molar-refractivity contribution in [3.05, 3.63) is 64.6 Å². The number of nitrogens with two attached hydrogens (primary N) is 1. The Morgan fingerprint density at radius 3 is 2.65 bits per heavy atom. The van der Waals surface area contributed by atoms with E-state index in [4.69, 9.17) is 10.2 Å². The topological polar surface area (TPSA) is 61.2 Å². The van der Waals surface area contributed by atoms with Crippen LogP contribution in [0.4, 0.5) is 5.69 Å². The Bertz CT molecular complexity index is 772. The molecule has 0 amide bonds. The Morgan fingerprint density at radius 2 is 1.85 bits per heavy atom. The molecule has 0 spiro atoms. The molecule has 1 aromatic heterocycles. The fourth-order valence-electron chi connectivity index (χ4n) is 2.44. The number of fused-ring (bicyclic) bond motifs is 1. The lowest BCUT2D eigenvalue weighted by atomic mass is 10.1. The van der Waals surface area contributed by atoms with Gasteiger partial charge in [0.2, 0.25) is 0 Å². The number of anilines is 1. The highest BCUT2D eigenvalue weighted by Crippen LogP contribution is 2.20. The third-order valence-electron chi connectivity index (χ3n) is 3.41. The van der Waals surface area contributed by atoms with Gasteiger partial charge in [0.05, 0.1) is 5.69 Å². The maximum atomic E-state index is 11.9. The molecule has 102 valence electrons. The fourth-order valence-corrected chi connectivity index (χ4v) is 2.44. The van der Waals surface area contributed by atoms with E-state index in [1.54, 1.807) is 22.8 Å². The molecule has 0 saturated carbocycles. The summed E-state index contributed by atoms with van der Waals surface area (Å²) in [5, 5.41) is 0. The Balaban J connectivity index is 1.81. The van der Waals surface area contributed by atoms with Crippen LogP contribution in [0.25, 0.3) is 11.1 Å². The van der Waals surface area contributed by atoms with E-state index in [1.807, 2.05) is 18.2 Å². The maximum absolute atomic E-state index is 11.9. The maximum Gasteiger partial charge on any atom is 0.420 e. The summed E-state index contributed by atoms with van der Waals surface area (Å²) < 4.78 is 6.83. The Labute approximate surface area is 116 Å². The largest absolute Gasteiger partial charge is 0.420 e. The summed E-state index contributed by atoms with van der Waals surface area (Å²) in [6, 6.07) is 15.5. The highest BCUT2D eigenvalue weighted by atomic mass is 16.4. The second kappa shape index (κ2) is 5.25. The average molecular weight is 268 g/mol. The van der Waals surface area contributed by atoms with Crippen molar-refractivity contribution in [3.8, 4) is 0 Å². The first kappa shape index (κ1) is 12.5. The molecule has 4 heteroatoms. The Morgan fingerprint density at radius 1 is 1.05 bits per heavy atom. The normalized spacial score (nSPS) is 11.0. The van der Waals surface area contributed by atoms with Crippen LogP contribution in [-0.4, -0.2) is 4.57 Å². The van der Waals surface area contributed by atoms with E-state index in [-0.39, 0.29) is 5.76 Å². The second-order valence-electron chi connectivity index (χ2n) is 4.80. The number of hydrogen-bond acceptors (Lipinski definition) is 3. The van der Waals surface area contributed by atoms with Crippen molar-refractivity contribution in [2.45, 2.75) is 19.4 Å². The standard InChI is InChI=1S/C16H16N2O2/c17-13-9-4-10-14-15(13)18(16(19)20-14)11-5-8-12-6-2-1-3-7-12/h1-4,6-7,9-10H,5,8,11,17H2. The monoisotopic (exact) mass is 268 g/mol. The summed E-state index contributed by atoms with van der Waals surface area (Å²) in [6.45, 7) is 0.606. The SMILES string of the molecule is Nc1cccc2oc(=O)n(CCCc3ccccc3)c12. The van der Waals surface area contributed by atoms with Crippen molar-refractivity contribution in [1.29, 1.82) is 0 Å². The first-order chi connectivity index (χ1) is 9.75. The minimum Gasteiger partial charge on any atom is -0.408 e. The lowest BCUT2D eigenvalue weighted by Crippen LogP contribution is -2.15. The zero-order valence-electron chi connectivity index (χ0n) is 11.1. The molecule has 2 aromatic carbocycles. The predicted molar refractivity (Wildman–Crippen MR) is 79.6 cm³/mol. The molecular weight excluding hydrogens is 252 g/mol. The van der Waals surface area contributed by atoms with Crippen LogP contribution in [0.1, 0.15) is 12.0 Å². The van der Waals surface area contributed by atoms with E-state index in [0.29, 0.717) is 23.3 Å². The van der Waals surface area contributed by atoms with Gasteiger partial charge in [0, 0.05) is 6.54 Å². The van der Waals surface area contributed by atoms with Crippen molar-refractivity contribution in [3.63, 3.8) is 0 Å². The van der Waals surface area contributed by atoms with Gasteiger partial charge in [-0.3, -0.25) is 4.57 Å². The zero-order chi connectivity index (χ0) is 13.9. The molecule has 0 radical (unpaired) electrons. The van der Waals surface area contributed by atoms with Crippen LogP contribution in [0.3, 0.4) is 0 Å². The molecule has 20 heavy (non-hydrogen) atoms. The minimum atomic E-state index is -0.342. The van der Waals surface area contributed by atoms with Gasteiger partial charge in [-0.2, -0.15) is 0 Å². The van der Waals surface area contributed by atoms with Crippen molar-refractivity contribution < 1.29 is 4.42 Å². The molecule has 4 nitrogen and oxygen atoms in total. The molecule has 0 fully saturated rings. The van der Waals surface area contributed by atoms with Crippen molar-refractivity contribution in [2.75, 3.05) is 5.73 Å². The summed E-state index contributed by atoms with van der Waals surface area (Å²) in [6.07, 6.45) is 1.79. The molecule has 0 unspecified atom stereocenters. The Hall–Kier alpha value is -2.49. The molecule has 1 heterocycles. The van der Waals surface area contributed by atoms with Crippen LogP contribution in [0.2, 0.25) is 0 Å². The number of aromatic nitrogens is 1. The number of rotatable bonds is 4. The number of benzene rings is 2. The Kier molecular flexibility index (Phi) is 3.29. The lowest BCUT2D eigenvalue weighted by Gasteiger charge is -2.04. The van der Waals surface area contributed by atoms with Crippen LogP contribution in [-0.2, 0) is 13.0 Å². The van der Waals surface area contributed by atoms with Crippen LogP contribution in [0.15, 0.2) is 57.7 Å². The predicted octanol–water partition coefficient (Wildman–Crippen LogP) is 2.81. The van der Waals surface area contributed by atoms with E-state index < -0.39 is 0 Å². The summed E-state index contributed by atoms with van der Waals surface area (Å²) in [7, 11) is 0. The third-order valence-corrected chi connectivity index (χ3v) is 3.41. The molecule has 0 aliphatic carbocycles. The van der Waals surface area contributed by atoms with Gasteiger partial charge >= 0.3 is 5.76 Å². The average Bonchev–Trinajstić information content (AvgIpc) is 2.78. The van der Waals surface area contributed by atoms with Crippen LogP contribution in [0.5, 0.6) is 0 Å². The number of nitrogen functional groups attached to an aromatic ring is 1. The first-order valence-electron chi connectivity index (χ1n) is 6.67. The van der Waals surface area contributed by atoms with Crippen LogP contribution in [0, 0.1) is 0 Å². The minimum absolute atomic E-state index is 0.342. The van der Waals surface area contributed by atoms with Gasteiger partial charge in [-0.15, -0.1) is 0 Å². The van der Waals surface area contributed by atoms with Gasteiger partial charge < -0.3 is 10.2 Å². The van der Waals surface area contributed by atoms with Gasteiger partial charge in [0.15, 0.2) is 5.58 Å². The summed E-state index contributed by atoms with van der Waals surface area (Å²) in [5.74, 6) is -0.342. The van der Waals surface area contributed by atoms with Gasteiger partial charge in [-0.25, -0.2) is 4.79 Å². The quantitative estimate of drug-likeness (QED) is 0.740. The molecular formula is C16H16N2O2. The third kappa shape index (κ3) is 2.32. The van der Waals surface area contributed by atoms with Crippen molar-refractivity contribution in [1.82, 2.24) is 4.57 Å². The van der Waals surface area contributed by atoms with Crippen LogP contribution >= 0.6 is 0 Å². The van der Waals surface area contributed by atoms with Gasteiger partial charge in [-0.1, -0.05) is 36.4 Å². The van der Waals surface area contributed by atoms with E-state index in [2.05, 4.69) is 12.1 Å². The number of hydrogen-bond donors (Lipinski definition) is 1. The molecule has 0 aliphatic heterocycles. The number of nitrogens with zero attached hydrogens (tertiary/aromatic N) is 1. The van der Waals surface area contributed by atoms with E-state index in [0.717, 1.165) is 12.8 Å². The van der Waals surface area contributed by atoms with Crippen molar-refractivity contribution >= 4 is 16.8 Å². The lowest BCUT2D eigenvalue weighted by molar-refractivity contribution is 0.497. The van der Waals surface area contributed by atoms with E-state index in [1.165, 1.54) is 5.56 Å². The molecule has 2 N–H and O–H groups in total. The molecule has 0 atom stereocenters. The highest BCUT2D eigenvalue weighted by molar-refractivity contribution is 5.85. The summed E-state index contributed by atoms with van der Waals surface area (Å²) in [5.41, 5.74) is 9.03. The summed E-state index contributed by atoms with van der Waals surface area (Å²) >= 11 is 0. The van der Waals surface area contributed by atoms with Gasteiger partial charge in [-0.05, 0) is 30.5 Å². The van der Waals surface area contributed by atoms with Gasteiger partial charge in [0.1, 0.15) is 5.52 Å². The number of para-hydroxylation sites is 1. The molecule has 3 rings (SSSR count). The highest BCUT2D eigenvalue weighted by Gasteiger charge is 2.11. The first-order valence-corrected chi connectivity index (χ1v) is 6.67. The summed E-state index contributed by atoms with van der Waals surface area (Å²) in [4.78, 5) is 11.9. The molecule has 0 bridgehead atoms. The fraction of sp³-hybridized carbons (Fsp3) is 0.188. The van der Waals surface area contributed by atoms with Gasteiger partial charge in [0.25, 0.3) is 0 Å². The number of aryl methyl sites for hydroxylation is 2.